The first-order valence-electron chi connectivity index (χ1n) is 21.3. The largest absolute Gasteiger partial charge is 0.360 e. The molecule has 0 unspecified atom stereocenters. The minimum atomic E-state index is -4.50. The fraction of sp³-hybridized carbons (Fsp3) is 0.240. The van der Waals surface area contributed by atoms with Crippen molar-refractivity contribution in [2.45, 2.75) is 50.2 Å². The molecule has 2 fully saturated rings. The Kier molecular flexibility index (Phi) is 15.1. The third-order valence-corrected chi connectivity index (χ3v) is 16.5. The van der Waals surface area contributed by atoms with Gasteiger partial charge in [0, 0.05) is 26.2 Å². The molecule has 14 heteroatoms. The van der Waals surface area contributed by atoms with Crippen LogP contribution in [0.2, 0.25) is 0 Å². The highest BCUT2D eigenvalue weighted by atomic mass is 31.2. The predicted octanol–water partition coefficient (Wildman–Crippen LogP) is 9.34. The molecule has 2 saturated heterocycles. The van der Waals surface area contributed by atoms with Crippen molar-refractivity contribution in [3.05, 3.63) is 215 Å². The smallest absolute Gasteiger partial charge is 0.349 e. The van der Waals surface area contributed by atoms with Crippen molar-refractivity contribution in [1.29, 1.82) is 0 Å². The summed E-state index contributed by atoms with van der Waals surface area (Å²) in [5, 5.41) is 3.09. The lowest BCUT2D eigenvalue weighted by Crippen LogP contribution is -2.53. The van der Waals surface area contributed by atoms with E-state index in [0.29, 0.717) is 0 Å². The quantitative estimate of drug-likeness (QED) is 0.0583. The van der Waals surface area contributed by atoms with Crippen molar-refractivity contribution in [2.75, 3.05) is 26.2 Å². The van der Waals surface area contributed by atoms with E-state index in [-0.39, 0.29) is 58.5 Å². The normalized spacial score (nSPS) is 16.8. The van der Waals surface area contributed by atoms with Gasteiger partial charge in [-0.05, 0) is 33.4 Å². The molecule has 2 aliphatic heterocycles. The first-order chi connectivity index (χ1) is 31.3. The topological polar surface area (TPSA) is 136 Å². The van der Waals surface area contributed by atoms with Gasteiger partial charge in [0.05, 0.1) is 32.5 Å². The number of hydrogen-bond donors (Lipinski definition) is 1. The summed E-state index contributed by atoms with van der Waals surface area (Å²) in [6.07, 6.45) is -1.94. The van der Waals surface area contributed by atoms with Gasteiger partial charge < -0.3 is 33.0 Å². The Morgan fingerprint density at radius 2 is 0.828 bits per heavy atom. The number of epoxide rings is 1. The SMILES string of the molecule is O=C(NC(c1ccccc1)c1ccccc1)[C@H]1O[C@@H]1C(=O)N1CCN(C(P(=O)(OCc2ccccc2)OCc2ccccc2)P(=O)(OCc2ccccc2)OCc2ccccc2)CC1. The van der Waals surface area contributed by atoms with Crippen LogP contribution < -0.4 is 5.32 Å². The second-order valence-electron chi connectivity index (χ2n) is 15.6. The van der Waals surface area contributed by atoms with Crippen molar-refractivity contribution in [1.82, 2.24) is 15.1 Å². The van der Waals surface area contributed by atoms with Gasteiger partial charge in [-0.2, -0.15) is 0 Å². The molecule has 0 aliphatic carbocycles. The van der Waals surface area contributed by atoms with Crippen LogP contribution in [0.5, 0.6) is 0 Å². The van der Waals surface area contributed by atoms with Crippen molar-refractivity contribution >= 4 is 27.0 Å². The summed E-state index contributed by atoms with van der Waals surface area (Å²) in [7, 11) is -9.00. The van der Waals surface area contributed by atoms with Gasteiger partial charge >= 0.3 is 15.2 Å². The van der Waals surface area contributed by atoms with Crippen LogP contribution in [0.25, 0.3) is 0 Å². The van der Waals surface area contributed by atoms with Crippen LogP contribution in [0.15, 0.2) is 182 Å². The molecule has 0 aromatic heterocycles. The first kappa shape index (κ1) is 45.1. The van der Waals surface area contributed by atoms with E-state index in [0.717, 1.165) is 33.4 Å². The maximum Gasteiger partial charge on any atom is 0.360 e. The molecular weight excluding hydrogens is 849 g/mol. The maximum absolute atomic E-state index is 15.8. The molecular formula is C50H51N3O9P2. The molecule has 0 radical (unpaired) electrons. The fourth-order valence-electron chi connectivity index (χ4n) is 7.60. The number of rotatable bonds is 20. The van der Waals surface area contributed by atoms with E-state index in [9.17, 15) is 9.59 Å². The Morgan fingerprint density at radius 3 is 1.17 bits per heavy atom. The van der Waals surface area contributed by atoms with Crippen molar-refractivity contribution < 1.29 is 41.6 Å². The highest BCUT2D eigenvalue weighted by Crippen LogP contribution is 2.72. The zero-order chi connectivity index (χ0) is 44.2. The van der Waals surface area contributed by atoms with Gasteiger partial charge in [-0.3, -0.25) is 23.6 Å². The third-order valence-electron chi connectivity index (χ3n) is 11.1. The number of carbonyl (C=O) groups is 2. The van der Waals surface area contributed by atoms with Crippen LogP contribution in [0.3, 0.4) is 0 Å². The zero-order valence-corrected chi connectivity index (χ0v) is 37.0. The number of benzene rings is 6. The fourth-order valence-corrected chi connectivity index (χ4v) is 13.0. The molecule has 1 N–H and O–H groups in total. The number of carbonyl (C=O) groups excluding carboxylic acids is 2. The molecule has 330 valence electrons. The van der Waals surface area contributed by atoms with Crippen LogP contribution >= 0.6 is 15.2 Å². The van der Waals surface area contributed by atoms with E-state index in [4.69, 9.17) is 22.8 Å². The van der Waals surface area contributed by atoms with Gasteiger partial charge in [-0.1, -0.05) is 182 Å². The van der Waals surface area contributed by atoms with Crippen LogP contribution in [-0.2, 0) is 68.0 Å². The van der Waals surface area contributed by atoms with E-state index in [1.54, 1.807) is 9.80 Å². The average Bonchev–Trinajstić information content (AvgIpc) is 4.17. The van der Waals surface area contributed by atoms with E-state index >= 15 is 9.13 Å². The Balaban J connectivity index is 1.05. The lowest BCUT2D eigenvalue weighted by molar-refractivity contribution is -0.134. The van der Waals surface area contributed by atoms with Crippen molar-refractivity contribution in [3.8, 4) is 0 Å². The highest BCUT2D eigenvalue weighted by molar-refractivity contribution is 7.72. The predicted molar refractivity (Wildman–Crippen MR) is 244 cm³/mol. The third kappa shape index (κ3) is 11.6. The number of hydrogen-bond acceptors (Lipinski definition) is 10. The van der Waals surface area contributed by atoms with Gasteiger partial charge in [-0.25, -0.2) is 0 Å². The molecule has 64 heavy (non-hydrogen) atoms. The molecule has 2 aliphatic rings. The summed E-state index contributed by atoms with van der Waals surface area (Å²) in [6.45, 7) is 0.0158. The van der Waals surface area contributed by atoms with Crippen LogP contribution in [0, 0.1) is 0 Å². The van der Waals surface area contributed by atoms with E-state index in [1.807, 2.05) is 182 Å². The van der Waals surface area contributed by atoms with Crippen molar-refractivity contribution in [3.63, 3.8) is 0 Å². The second kappa shape index (κ2) is 21.4. The molecule has 6 aromatic rings. The molecule has 2 amide bonds. The summed E-state index contributed by atoms with van der Waals surface area (Å²) in [5.74, 6) is -0.742. The molecule has 0 saturated carbocycles. The molecule has 2 atom stereocenters. The minimum Gasteiger partial charge on any atom is -0.349 e. The second-order valence-corrected chi connectivity index (χ2v) is 20.1. The Bertz CT molecular complexity index is 2260. The first-order valence-corrected chi connectivity index (χ1v) is 24.5. The number of ether oxygens (including phenoxy) is 1. The molecule has 8 rings (SSSR count). The van der Waals surface area contributed by atoms with Gasteiger partial charge in [0.15, 0.2) is 12.2 Å². The number of nitrogens with zero attached hydrogens (tertiary/aromatic N) is 2. The molecule has 12 nitrogen and oxygen atoms in total. The molecule has 6 aromatic carbocycles. The van der Waals surface area contributed by atoms with Gasteiger partial charge in [0.2, 0.25) is 5.52 Å². The van der Waals surface area contributed by atoms with Gasteiger partial charge in [0.1, 0.15) is 0 Å². The van der Waals surface area contributed by atoms with Gasteiger partial charge in [0.25, 0.3) is 11.8 Å². The Morgan fingerprint density at radius 1 is 0.500 bits per heavy atom. The van der Waals surface area contributed by atoms with Crippen LogP contribution in [0.4, 0.5) is 0 Å². The van der Waals surface area contributed by atoms with E-state index < -0.39 is 44.9 Å². The lowest BCUT2D eigenvalue weighted by Gasteiger charge is -2.42. The lowest BCUT2D eigenvalue weighted by atomic mass is 9.98. The Labute approximate surface area is 374 Å². The van der Waals surface area contributed by atoms with Gasteiger partial charge in [-0.15, -0.1) is 0 Å². The van der Waals surface area contributed by atoms with E-state index in [1.165, 1.54) is 0 Å². The minimum absolute atomic E-state index is 0.102. The zero-order valence-electron chi connectivity index (χ0n) is 35.2. The van der Waals surface area contributed by atoms with Crippen molar-refractivity contribution in [2.24, 2.45) is 0 Å². The monoisotopic (exact) mass is 899 g/mol. The number of amides is 2. The summed E-state index contributed by atoms with van der Waals surface area (Å²) < 4.78 is 62.9. The Hall–Kier alpha value is -5.52. The summed E-state index contributed by atoms with van der Waals surface area (Å²) in [4.78, 5) is 31.0. The molecule has 0 bridgehead atoms. The molecule has 0 spiro atoms. The highest BCUT2D eigenvalue weighted by Gasteiger charge is 2.57. The van der Waals surface area contributed by atoms with Crippen LogP contribution in [0.1, 0.15) is 39.4 Å². The standard InChI is InChI=1S/C50H51N3O9P2/c54-48(51-45(43-27-15-5-16-28-43)44-29-17-6-18-30-44)46-47(62-46)49(55)52-31-33-53(34-32-52)50(63(56,58-35-39-19-7-1-8-20-39)59-36-40-21-9-2-10-22-40)64(57,60-37-41-23-11-3-12-24-41)61-38-42-25-13-4-14-26-42/h1-30,45-47,50H,31-38H2,(H,51,54)/t46-,47-/m0/s1. The average molecular weight is 900 g/mol. The summed E-state index contributed by atoms with van der Waals surface area (Å²) >= 11 is 0. The molecule has 2 heterocycles. The number of piperazine rings is 1. The summed E-state index contributed by atoms with van der Waals surface area (Å²) in [6, 6.07) is 55.8. The van der Waals surface area contributed by atoms with E-state index in [2.05, 4.69) is 5.32 Å². The van der Waals surface area contributed by atoms with Crippen LogP contribution in [-0.4, -0.2) is 65.5 Å². The number of nitrogens with one attached hydrogen (secondary N) is 1. The summed E-state index contributed by atoms with van der Waals surface area (Å²) in [5.41, 5.74) is 3.17. The maximum atomic E-state index is 15.8.